The smallest absolute Gasteiger partial charge is 0.239 e. The second-order valence-electron chi connectivity index (χ2n) is 6.91. The van der Waals surface area contributed by atoms with Crippen molar-refractivity contribution >= 4 is 29.1 Å². The maximum Gasteiger partial charge on any atom is 0.239 e. The van der Waals surface area contributed by atoms with E-state index in [0.717, 1.165) is 16.8 Å². The zero-order chi connectivity index (χ0) is 21.8. The lowest BCUT2D eigenvalue weighted by Gasteiger charge is -2.04. The summed E-state index contributed by atoms with van der Waals surface area (Å²) < 4.78 is 3.11. The summed E-state index contributed by atoms with van der Waals surface area (Å²) in [6.45, 7) is -0.0551. The molecule has 31 heavy (non-hydrogen) atoms. The maximum atomic E-state index is 12.7. The minimum Gasteiger partial charge on any atom is -0.368 e. The van der Waals surface area contributed by atoms with Crippen molar-refractivity contribution in [1.82, 2.24) is 19.6 Å². The van der Waals surface area contributed by atoms with Crippen LogP contribution in [0.25, 0.3) is 16.9 Å². The van der Waals surface area contributed by atoms with Crippen LogP contribution in [0.4, 0.5) is 5.69 Å². The summed E-state index contributed by atoms with van der Waals surface area (Å²) in [6, 6.07) is 17.0. The predicted molar refractivity (Wildman–Crippen MR) is 118 cm³/mol. The lowest BCUT2D eigenvalue weighted by molar-refractivity contribution is -0.118. The zero-order valence-electron chi connectivity index (χ0n) is 16.4. The number of para-hydroxylation sites is 1. The number of halogens is 1. The number of hydrogen-bond donors (Lipinski definition) is 2. The Labute approximate surface area is 183 Å². The van der Waals surface area contributed by atoms with Gasteiger partial charge in [0, 0.05) is 28.5 Å². The summed E-state index contributed by atoms with van der Waals surface area (Å²) in [6.07, 6.45) is 4.96. The zero-order valence-corrected chi connectivity index (χ0v) is 17.2. The lowest BCUT2D eigenvalue weighted by atomic mass is 10.1. The normalized spacial score (nSPS) is 10.7. The molecule has 0 bridgehead atoms. The van der Waals surface area contributed by atoms with Gasteiger partial charge in [-0.1, -0.05) is 41.9 Å². The number of hydrogen-bond acceptors (Lipinski definition) is 4. The third kappa shape index (κ3) is 4.99. The Kier molecular flexibility index (Phi) is 5.81. The number of carbonyl (C=O) groups excluding carboxylic acids is 2. The summed E-state index contributed by atoms with van der Waals surface area (Å²) in [5, 5.41) is 12.1. The molecule has 0 fully saturated rings. The van der Waals surface area contributed by atoms with Gasteiger partial charge >= 0.3 is 0 Å². The predicted octanol–water partition coefficient (Wildman–Crippen LogP) is 3.06. The minimum atomic E-state index is -0.512. The number of amides is 2. The Morgan fingerprint density at radius 3 is 2.48 bits per heavy atom. The van der Waals surface area contributed by atoms with Crippen molar-refractivity contribution in [2.75, 3.05) is 5.32 Å². The van der Waals surface area contributed by atoms with Crippen molar-refractivity contribution in [3.8, 4) is 16.9 Å². The molecule has 0 aliphatic heterocycles. The molecule has 0 saturated carbocycles. The van der Waals surface area contributed by atoms with E-state index in [-0.39, 0.29) is 18.9 Å². The van der Waals surface area contributed by atoms with Gasteiger partial charge in [-0.05, 0) is 24.3 Å². The second kappa shape index (κ2) is 8.85. The van der Waals surface area contributed by atoms with Crippen LogP contribution in [-0.4, -0.2) is 31.4 Å². The Hall–Kier alpha value is -3.91. The average Bonchev–Trinajstić information content (AvgIpc) is 3.36. The topological polar surface area (TPSA) is 108 Å². The van der Waals surface area contributed by atoms with Gasteiger partial charge in [0.2, 0.25) is 11.8 Å². The summed E-state index contributed by atoms with van der Waals surface area (Å²) in [4.78, 5) is 23.7. The van der Waals surface area contributed by atoms with Crippen LogP contribution in [0.3, 0.4) is 0 Å². The molecule has 8 nitrogen and oxygen atoms in total. The highest BCUT2D eigenvalue weighted by Gasteiger charge is 2.16. The fraction of sp³-hybridized carbons (Fsp3) is 0.0909. The molecule has 0 aliphatic carbocycles. The van der Waals surface area contributed by atoms with Gasteiger partial charge in [-0.3, -0.25) is 14.3 Å². The van der Waals surface area contributed by atoms with Gasteiger partial charge < -0.3 is 11.1 Å². The quantitative estimate of drug-likeness (QED) is 0.466. The van der Waals surface area contributed by atoms with Crippen LogP contribution in [0.15, 0.2) is 73.2 Å². The van der Waals surface area contributed by atoms with Crippen LogP contribution < -0.4 is 11.1 Å². The molecule has 156 valence electrons. The number of nitrogens with one attached hydrogen (secondary N) is 1. The van der Waals surface area contributed by atoms with Crippen molar-refractivity contribution in [2.45, 2.75) is 13.0 Å². The molecule has 4 aromatic rings. The Morgan fingerprint density at radius 1 is 1.03 bits per heavy atom. The summed E-state index contributed by atoms with van der Waals surface area (Å²) in [5.74, 6) is -0.747. The first-order valence-corrected chi connectivity index (χ1v) is 9.86. The first-order chi connectivity index (χ1) is 15.0. The molecular formula is C22H19ClN6O2. The largest absolute Gasteiger partial charge is 0.368 e. The molecule has 2 heterocycles. The highest BCUT2D eigenvalue weighted by molar-refractivity contribution is 6.30. The highest BCUT2D eigenvalue weighted by atomic mass is 35.5. The number of primary amides is 1. The van der Waals surface area contributed by atoms with E-state index in [4.69, 9.17) is 22.4 Å². The fourth-order valence-corrected chi connectivity index (χ4v) is 3.28. The van der Waals surface area contributed by atoms with Crippen LogP contribution >= 0.6 is 11.6 Å². The standard InChI is InChI=1S/C22H19ClN6O2/c23-17-8-6-15(7-9-17)22-16(12-29(27-22)19-4-2-1-3-5-19)10-21(31)26-18-11-25-28(13-18)14-20(24)30/h1-9,11-13H,10,14H2,(H2,24,30)(H,26,31). The first-order valence-electron chi connectivity index (χ1n) is 9.48. The van der Waals surface area contributed by atoms with E-state index < -0.39 is 5.91 Å². The van der Waals surface area contributed by atoms with Gasteiger partial charge in [0.05, 0.1) is 29.7 Å². The van der Waals surface area contributed by atoms with Gasteiger partial charge in [0.1, 0.15) is 6.54 Å². The molecule has 3 N–H and O–H groups in total. The van der Waals surface area contributed by atoms with Gasteiger partial charge in [0.15, 0.2) is 0 Å². The van der Waals surface area contributed by atoms with Crippen LogP contribution in [0.5, 0.6) is 0 Å². The van der Waals surface area contributed by atoms with Crippen molar-refractivity contribution in [2.24, 2.45) is 5.73 Å². The van der Waals surface area contributed by atoms with E-state index >= 15 is 0 Å². The van der Waals surface area contributed by atoms with Crippen molar-refractivity contribution in [3.05, 3.63) is 83.8 Å². The SMILES string of the molecule is NC(=O)Cn1cc(NC(=O)Cc2cn(-c3ccccc3)nc2-c2ccc(Cl)cc2)cn1. The molecule has 2 amide bonds. The van der Waals surface area contributed by atoms with E-state index in [1.54, 1.807) is 23.0 Å². The molecule has 9 heteroatoms. The molecule has 0 aliphatic rings. The monoisotopic (exact) mass is 434 g/mol. The van der Waals surface area contributed by atoms with Crippen LogP contribution in [0.1, 0.15) is 5.56 Å². The number of nitrogens with two attached hydrogens (primary N) is 1. The van der Waals surface area contributed by atoms with Crippen molar-refractivity contribution < 1.29 is 9.59 Å². The Balaban J connectivity index is 1.59. The molecule has 4 rings (SSSR count). The number of aromatic nitrogens is 4. The molecular weight excluding hydrogens is 416 g/mol. The third-order valence-electron chi connectivity index (χ3n) is 4.51. The van der Waals surface area contributed by atoms with Gasteiger partial charge in [0.25, 0.3) is 0 Å². The van der Waals surface area contributed by atoms with Crippen molar-refractivity contribution in [1.29, 1.82) is 0 Å². The van der Waals surface area contributed by atoms with Gasteiger partial charge in [-0.25, -0.2) is 4.68 Å². The number of benzene rings is 2. The molecule has 0 saturated heterocycles. The third-order valence-corrected chi connectivity index (χ3v) is 4.77. The first kappa shape index (κ1) is 20.4. The summed E-state index contributed by atoms with van der Waals surface area (Å²) in [5.41, 5.74) is 8.84. The molecule has 0 unspecified atom stereocenters. The van der Waals surface area contributed by atoms with Crippen LogP contribution in [0.2, 0.25) is 5.02 Å². The molecule has 0 radical (unpaired) electrons. The van der Waals surface area contributed by atoms with Crippen LogP contribution in [0, 0.1) is 0 Å². The van der Waals surface area contributed by atoms with E-state index in [2.05, 4.69) is 10.4 Å². The Morgan fingerprint density at radius 2 is 1.77 bits per heavy atom. The molecule has 0 atom stereocenters. The van der Waals surface area contributed by atoms with Crippen molar-refractivity contribution in [3.63, 3.8) is 0 Å². The van der Waals surface area contributed by atoms with Gasteiger partial charge in [-0.15, -0.1) is 0 Å². The highest BCUT2D eigenvalue weighted by Crippen LogP contribution is 2.26. The summed E-state index contributed by atoms with van der Waals surface area (Å²) >= 11 is 6.02. The second-order valence-corrected chi connectivity index (χ2v) is 7.34. The fourth-order valence-electron chi connectivity index (χ4n) is 3.16. The lowest BCUT2D eigenvalue weighted by Crippen LogP contribution is -2.19. The van der Waals surface area contributed by atoms with Crippen LogP contribution in [-0.2, 0) is 22.6 Å². The molecule has 2 aromatic carbocycles. The maximum absolute atomic E-state index is 12.7. The number of nitrogens with zero attached hydrogens (tertiary/aromatic N) is 4. The molecule has 0 spiro atoms. The van der Waals surface area contributed by atoms with E-state index in [9.17, 15) is 9.59 Å². The van der Waals surface area contributed by atoms with E-state index in [1.165, 1.54) is 10.9 Å². The van der Waals surface area contributed by atoms with Gasteiger partial charge in [-0.2, -0.15) is 10.2 Å². The number of anilines is 1. The average molecular weight is 435 g/mol. The Bertz CT molecular complexity index is 1210. The number of carbonyl (C=O) groups is 2. The summed E-state index contributed by atoms with van der Waals surface area (Å²) in [7, 11) is 0. The minimum absolute atomic E-state index is 0.0551. The molecule has 2 aromatic heterocycles. The van der Waals surface area contributed by atoms with E-state index in [0.29, 0.717) is 16.4 Å². The number of rotatable bonds is 7. The van der Waals surface area contributed by atoms with E-state index in [1.807, 2.05) is 48.7 Å².